The van der Waals surface area contributed by atoms with Crippen molar-refractivity contribution in [1.82, 2.24) is 15.2 Å². The fourth-order valence-electron chi connectivity index (χ4n) is 1.41. The number of aromatic amines is 1. The van der Waals surface area contributed by atoms with E-state index in [-0.39, 0.29) is 17.7 Å². The topological polar surface area (TPSA) is 112 Å². The van der Waals surface area contributed by atoms with Crippen LogP contribution < -0.4 is 10.6 Å². The molecule has 0 spiro atoms. The zero-order valence-electron chi connectivity index (χ0n) is 9.58. The standard InChI is InChI=1S/C11H10N6O/c1-17(8-4-2-7(6-12)3-5-8)10(18)9-14-11(13)16-15-9/h2-5H,1H3,(H3,13,14,15,16). The van der Waals surface area contributed by atoms with Crippen LogP contribution in [0.5, 0.6) is 0 Å². The van der Waals surface area contributed by atoms with E-state index in [9.17, 15) is 4.79 Å². The van der Waals surface area contributed by atoms with Gasteiger partial charge in [-0.2, -0.15) is 10.2 Å². The van der Waals surface area contributed by atoms with Crippen LogP contribution in [-0.2, 0) is 0 Å². The van der Waals surface area contributed by atoms with Gasteiger partial charge in [-0.1, -0.05) is 0 Å². The van der Waals surface area contributed by atoms with E-state index in [0.717, 1.165) is 0 Å². The highest BCUT2D eigenvalue weighted by Gasteiger charge is 2.17. The number of nitrogens with one attached hydrogen (secondary N) is 1. The Bertz CT molecular complexity index is 609. The molecule has 1 aromatic carbocycles. The molecule has 0 atom stereocenters. The highest BCUT2D eigenvalue weighted by molar-refractivity contribution is 6.03. The van der Waals surface area contributed by atoms with E-state index < -0.39 is 0 Å². The van der Waals surface area contributed by atoms with Gasteiger partial charge in [-0.05, 0) is 24.3 Å². The molecule has 0 saturated heterocycles. The average molecular weight is 242 g/mol. The van der Waals surface area contributed by atoms with E-state index >= 15 is 0 Å². The van der Waals surface area contributed by atoms with Gasteiger partial charge < -0.3 is 10.6 Å². The molecular formula is C11H10N6O. The Morgan fingerprint density at radius 3 is 2.61 bits per heavy atom. The van der Waals surface area contributed by atoms with Crippen LogP contribution >= 0.6 is 0 Å². The number of anilines is 2. The van der Waals surface area contributed by atoms with Gasteiger partial charge in [0.25, 0.3) is 5.91 Å². The lowest BCUT2D eigenvalue weighted by Gasteiger charge is -2.15. The number of amides is 1. The van der Waals surface area contributed by atoms with Crippen molar-refractivity contribution in [1.29, 1.82) is 5.26 Å². The van der Waals surface area contributed by atoms with Crippen LogP contribution in [0, 0.1) is 11.3 Å². The summed E-state index contributed by atoms with van der Waals surface area (Å²) >= 11 is 0. The fraction of sp³-hybridized carbons (Fsp3) is 0.0909. The number of hydrogen-bond acceptors (Lipinski definition) is 5. The number of nitrogens with two attached hydrogens (primary N) is 1. The molecule has 1 heterocycles. The molecule has 0 saturated carbocycles. The van der Waals surface area contributed by atoms with Crippen LogP contribution in [0.2, 0.25) is 0 Å². The second kappa shape index (κ2) is 4.55. The monoisotopic (exact) mass is 242 g/mol. The third-order valence-corrected chi connectivity index (χ3v) is 2.39. The second-order valence-electron chi connectivity index (χ2n) is 3.57. The summed E-state index contributed by atoms with van der Waals surface area (Å²) in [6.07, 6.45) is 0. The number of nitriles is 1. The van der Waals surface area contributed by atoms with Gasteiger partial charge in [0, 0.05) is 12.7 Å². The predicted octanol–water partition coefficient (Wildman–Crippen LogP) is 0.535. The molecule has 18 heavy (non-hydrogen) atoms. The summed E-state index contributed by atoms with van der Waals surface area (Å²) < 4.78 is 0. The molecule has 0 radical (unpaired) electrons. The Kier molecular flexibility index (Phi) is 2.93. The van der Waals surface area contributed by atoms with Gasteiger partial charge in [0.15, 0.2) is 0 Å². The van der Waals surface area contributed by atoms with Gasteiger partial charge in [-0.15, -0.1) is 5.10 Å². The van der Waals surface area contributed by atoms with Crippen molar-refractivity contribution < 1.29 is 4.79 Å². The number of rotatable bonds is 2. The minimum atomic E-state index is -0.357. The molecule has 90 valence electrons. The van der Waals surface area contributed by atoms with Crippen molar-refractivity contribution in [2.75, 3.05) is 17.7 Å². The minimum Gasteiger partial charge on any atom is -0.366 e. The molecule has 1 amide bonds. The second-order valence-corrected chi connectivity index (χ2v) is 3.57. The summed E-state index contributed by atoms with van der Waals surface area (Å²) in [5.41, 5.74) is 6.51. The summed E-state index contributed by atoms with van der Waals surface area (Å²) in [6, 6.07) is 8.63. The molecule has 1 aromatic heterocycles. The summed E-state index contributed by atoms with van der Waals surface area (Å²) in [5.74, 6) is -0.269. The molecular weight excluding hydrogens is 232 g/mol. The van der Waals surface area contributed by atoms with E-state index in [1.165, 1.54) is 4.90 Å². The van der Waals surface area contributed by atoms with E-state index in [1.54, 1.807) is 31.3 Å². The largest absolute Gasteiger partial charge is 0.366 e. The molecule has 0 unspecified atom stereocenters. The molecule has 0 fully saturated rings. The van der Waals surface area contributed by atoms with E-state index in [2.05, 4.69) is 15.2 Å². The molecule has 0 aliphatic heterocycles. The number of aromatic nitrogens is 3. The number of carbonyl (C=O) groups is 1. The molecule has 2 aromatic rings. The first-order valence-corrected chi connectivity index (χ1v) is 5.08. The minimum absolute atomic E-state index is 0.0200. The molecule has 0 bridgehead atoms. The van der Waals surface area contributed by atoms with Crippen LogP contribution in [0.15, 0.2) is 24.3 Å². The smallest absolute Gasteiger partial charge is 0.295 e. The van der Waals surface area contributed by atoms with E-state index in [0.29, 0.717) is 11.3 Å². The van der Waals surface area contributed by atoms with Gasteiger partial charge in [0.05, 0.1) is 11.6 Å². The van der Waals surface area contributed by atoms with Crippen molar-refractivity contribution >= 4 is 17.5 Å². The van der Waals surface area contributed by atoms with Crippen LogP contribution in [0.25, 0.3) is 0 Å². The molecule has 7 nitrogen and oxygen atoms in total. The van der Waals surface area contributed by atoms with E-state index in [1.807, 2.05) is 6.07 Å². The Morgan fingerprint density at radius 2 is 2.11 bits per heavy atom. The van der Waals surface area contributed by atoms with Crippen LogP contribution in [0.3, 0.4) is 0 Å². The third kappa shape index (κ3) is 2.12. The van der Waals surface area contributed by atoms with Crippen molar-refractivity contribution in [2.24, 2.45) is 0 Å². The zero-order valence-corrected chi connectivity index (χ0v) is 9.58. The molecule has 3 N–H and O–H groups in total. The van der Waals surface area contributed by atoms with Gasteiger partial charge in [0.1, 0.15) is 0 Å². The van der Waals surface area contributed by atoms with Crippen LogP contribution in [-0.4, -0.2) is 28.1 Å². The number of H-pyrrole nitrogens is 1. The Morgan fingerprint density at radius 1 is 1.44 bits per heavy atom. The summed E-state index contributed by atoms with van der Waals surface area (Å²) in [7, 11) is 1.60. The van der Waals surface area contributed by atoms with Gasteiger partial charge in [0.2, 0.25) is 11.8 Å². The van der Waals surface area contributed by atoms with Crippen molar-refractivity contribution in [2.45, 2.75) is 0 Å². The lowest BCUT2D eigenvalue weighted by Crippen LogP contribution is -2.27. The number of nitrogen functional groups attached to an aromatic ring is 1. The number of hydrogen-bond donors (Lipinski definition) is 2. The SMILES string of the molecule is CN(C(=O)c1nc(N)n[nH]1)c1ccc(C#N)cc1. The molecule has 0 aliphatic rings. The Hall–Kier alpha value is -2.88. The van der Waals surface area contributed by atoms with E-state index in [4.69, 9.17) is 11.0 Å². The molecule has 0 aliphatic carbocycles. The van der Waals surface area contributed by atoms with Crippen molar-refractivity contribution in [3.05, 3.63) is 35.7 Å². The maximum Gasteiger partial charge on any atom is 0.295 e. The van der Waals surface area contributed by atoms with Gasteiger partial charge >= 0.3 is 0 Å². The zero-order chi connectivity index (χ0) is 13.1. The Balaban J connectivity index is 2.23. The predicted molar refractivity (Wildman–Crippen MR) is 64.7 cm³/mol. The fourth-order valence-corrected chi connectivity index (χ4v) is 1.41. The maximum atomic E-state index is 12.0. The summed E-state index contributed by atoms with van der Waals surface area (Å²) in [4.78, 5) is 17.1. The average Bonchev–Trinajstić information content (AvgIpc) is 2.84. The van der Waals surface area contributed by atoms with Gasteiger partial charge in [-0.25, -0.2) is 0 Å². The number of carbonyl (C=O) groups excluding carboxylic acids is 1. The lowest BCUT2D eigenvalue weighted by molar-refractivity contribution is 0.0983. The first kappa shape index (κ1) is 11.6. The number of benzene rings is 1. The lowest BCUT2D eigenvalue weighted by atomic mass is 10.2. The highest BCUT2D eigenvalue weighted by atomic mass is 16.2. The number of nitrogens with zero attached hydrogens (tertiary/aromatic N) is 4. The summed E-state index contributed by atoms with van der Waals surface area (Å²) in [6.45, 7) is 0. The van der Waals surface area contributed by atoms with Gasteiger partial charge in [-0.3, -0.25) is 9.89 Å². The van der Waals surface area contributed by atoms with Crippen LogP contribution in [0.1, 0.15) is 16.2 Å². The van der Waals surface area contributed by atoms with Crippen LogP contribution in [0.4, 0.5) is 11.6 Å². The normalized spacial score (nSPS) is 9.78. The van der Waals surface area contributed by atoms with Crippen molar-refractivity contribution in [3.63, 3.8) is 0 Å². The Labute approximate surface area is 103 Å². The first-order chi connectivity index (χ1) is 8.61. The van der Waals surface area contributed by atoms with Crippen molar-refractivity contribution in [3.8, 4) is 6.07 Å². The first-order valence-electron chi connectivity index (χ1n) is 5.08. The third-order valence-electron chi connectivity index (χ3n) is 2.39. The molecule has 2 rings (SSSR count). The molecule has 7 heteroatoms. The summed E-state index contributed by atoms with van der Waals surface area (Å²) in [5, 5.41) is 14.7. The highest BCUT2D eigenvalue weighted by Crippen LogP contribution is 2.15. The maximum absolute atomic E-state index is 12.0. The quantitative estimate of drug-likeness (QED) is 0.797.